The van der Waals surface area contributed by atoms with Gasteiger partial charge in [0.05, 0.1) is 22.6 Å². The third kappa shape index (κ3) is 4.02. The maximum atomic E-state index is 2.61. The van der Waals surface area contributed by atoms with Crippen LogP contribution < -0.4 is 0 Å². The molecule has 2 atom stereocenters. The van der Waals surface area contributed by atoms with E-state index < -0.39 is 0 Å². The van der Waals surface area contributed by atoms with Crippen molar-refractivity contribution in [2.45, 2.75) is 31.7 Å². The van der Waals surface area contributed by atoms with E-state index in [9.17, 15) is 0 Å². The van der Waals surface area contributed by atoms with Gasteiger partial charge in [0.15, 0.2) is 0 Å². The van der Waals surface area contributed by atoms with E-state index in [4.69, 9.17) is 0 Å². The van der Waals surface area contributed by atoms with Crippen LogP contribution >= 0.6 is 0 Å². The molecule has 2 nitrogen and oxygen atoms in total. The van der Waals surface area contributed by atoms with E-state index in [1.165, 1.54) is 79.7 Å². The first-order valence-electron chi connectivity index (χ1n) is 16.0. The molecule has 0 N–H and O–H groups in total. The number of hydrogen-bond acceptors (Lipinski definition) is 0. The van der Waals surface area contributed by atoms with Crippen LogP contribution in [-0.4, -0.2) is 9.13 Å². The third-order valence-corrected chi connectivity index (χ3v) is 9.92. The van der Waals surface area contributed by atoms with Crippen molar-refractivity contribution in [3.05, 3.63) is 151 Å². The molecule has 2 aromatic heterocycles. The van der Waals surface area contributed by atoms with Gasteiger partial charge >= 0.3 is 0 Å². The Hall–Kier alpha value is -5.08. The lowest BCUT2D eigenvalue weighted by molar-refractivity contribution is 0.483. The van der Waals surface area contributed by atoms with Crippen molar-refractivity contribution in [1.29, 1.82) is 0 Å². The molecule has 44 heavy (non-hydrogen) atoms. The predicted octanol–water partition coefficient (Wildman–Crippen LogP) is 11.3. The molecule has 2 unspecified atom stereocenters. The molecule has 9 rings (SSSR count). The summed E-state index contributed by atoms with van der Waals surface area (Å²) in [7, 11) is 0. The van der Waals surface area contributed by atoms with E-state index in [2.05, 4.69) is 155 Å². The van der Waals surface area contributed by atoms with Crippen molar-refractivity contribution in [1.82, 2.24) is 9.13 Å². The van der Waals surface area contributed by atoms with Gasteiger partial charge in [-0.2, -0.15) is 0 Å². The Morgan fingerprint density at radius 1 is 0.545 bits per heavy atom. The summed E-state index contributed by atoms with van der Waals surface area (Å²) in [6.45, 7) is 0. The quantitative estimate of drug-likeness (QED) is 0.188. The fraction of sp³-hybridized carbons (Fsp3) is 0.143. The SMILES string of the molecule is C1=CCCC(C2C=CC(n3c4ccccc4c4ccc(-c5ccc6c(c5)c5ccccc5n6-c5ccccc5)cc43)CC2)=C1. The summed E-state index contributed by atoms with van der Waals surface area (Å²) >= 11 is 0. The molecule has 0 saturated carbocycles. The molecule has 0 fully saturated rings. The van der Waals surface area contributed by atoms with Crippen molar-refractivity contribution < 1.29 is 0 Å². The summed E-state index contributed by atoms with van der Waals surface area (Å²) in [6, 6.07) is 42.8. The number of allylic oxidation sites excluding steroid dienone is 6. The van der Waals surface area contributed by atoms with E-state index in [-0.39, 0.29) is 0 Å². The largest absolute Gasteiger partial charge is 0.333 e. The maximum Gasteiger partial charge on any atom is 0.0541 e. The molecule has 5 aromatic carbocycles. The molecule has 2 aliphatic rings. The van der Waals surface area contributed by atoms with Crippen molar-refractivity contribution in [3.63, 3.8) is 0 Å². The average Bonchev–Trinajstić information content (AvgIpc) is 3.61. The number of hydrogen-bond donors (Lipinski definition) is 0. The third-order valence-electron chi connectivity index (χ3n) is 9.92. The van der Waals surface area contributed by atoms with Gasteiger partial charge in [0, 0.05) is 32.7 Å². The molecule has 0 bridgehead atoms. The van der Waals surface area contributed by atoms with Crippen LogP contribution in [0.25, 0.3) is 60.4 Å². The molecule has 7 aromatic rings. The van der Waals surface area contributed by atoms with E-state index >= 15 is 0 Å². The lowest BCUT2D eigenvalue weighted by atomic mass is 9.83. The molecule has 2 heterocycles. The Bertz CT molecular complexity index is 2290. The highest BCUT2D eigenvalue weighted by molar-refractivity contribution is 6.12. The Labute approximate surface area is 257 Å². The zero-order valence-electron chi connectivity index (χ0n) is 24.7. The second kappa shape index (κ2) is 10.3. The average molecular weight is 567 g/mol. The minimum atomic E-state index is 0.356. The Morgan fingerprint density at radius 2 is 1.25 bits per heavy atom. The van der Waals surface area contributed by atoms with Crippen LogP contribution in [-0.2, 0) is 0 Å². The molecular weight excluding hydrogens is 532 g/mol. The first-order chi connectivity index (χ1) is 21.8. The van der Waals surface area contributed by atoms with Gasteiger partial charge in [0.1, 0.15) is 0 Å². The van der Waals surface area contributed by atoms with Crippen molar-refractivity contribution in [2.24, 2.45) is 5.92 Å². The normalized spacial score (nSPS) is 18.5. The van der Waals surface area contributed by atoms with Crippen molar-refractivity contribution >= 4 is 43.6 Å². The van der Waals surface area contributed by atoms with Gasteiger partial charge in [-0.15, -0.1) is 0 Å². The summed E-state index contributed by atoms with van der Waals surface area (Å²) in [5.74, 6) is 0.574. The van der Waals surface area contributed by atoms with Crippen LogP contribution in [0.3, 0.4) is 0 Å². The van der Waals surface area contributed by atoms with Gasteiger partial charge in [-0.25, -0.2) is 0 Å². The second-order valence-electron chi connectivity index (χ2n) is 12.4. The topological polar surface area (TPSA) is 9.86 Å². The van der Waals surface area contributed by atoms with Crippen LogP contribution in [0.4, 0.5) is 0 Å². The molecular formula is C42H34N2. The predicted molar refractivity (Wildman–Crippen MR) is 187 cm³/mol. The highest BCUT2D eigenvalue weighted by atomic mass is 15.0. The first kappa shape index (κ1) is 25.4. The first-order valence-corrected chi connectivity index (χ1v) is 16.0. The summed E-state index contributed by atoms with van der Waals surface area (Å²) in [6.07, 6.45) is 16.6. The number of fused-ring (bicyclic) bond motifs is 6. The molecule has 0 saturated heterocycles. The molecule has 212 valence electrons. The van der Waals surface area contributed by atoms with E-state index in [0.29, 0.717) is 12.0 Å². The zero-order valence-corrected chi connectivity index (χ0v) is 24.7. The lowest BCUT2D eigenvalue weighted by Gasteiger charge is -2.27. The fourth-order valence-corrected chi connectivity index (χ4v) is 7.80. The number of aromatic nitrogens is 2. The van der Waals surface area contributed by atoms with Crippen LogP contribution in [0, 0.1) is 5.92 Å². The van der Waals surface area contributed by atoms with Gasteiger partial charge < -0.3 is 9.13 Å². The van der Waals surface area contributed by atoms with Gasteiger partial charge in [-0.1, -0.05) is 109 Å². The second-order valence-corrected chi connectivity index (χ2v) is 12.4. The summed E-state index contributed by atoms with van der Waals surface area (Å²) in [5.41, 5.74) is 10.4. The van der Waals surface area contributed by atoms with Crippen LogP contribution in [0.5, 0.6) is 0 Å². The molecule has 0 radical (unpaired) electrons. The smallest absolute Gasteiger partial charge is 0.0541 e. The standard InChI is InChI=1S/C42H34N2/c1-3-11-29(12-4-1)30-19-23-34(24-20-30)44-39-17-9-7-15-35(39)37-25-21-32(28-42(37)44)31-22-26-41-38(27-31)36-16-8-10-18-40(36)43(41)33-13-5-2-6-14-33/h1-3,5-11,13-19,21-23,25-28,30,34H,4,12,20,24H2. The molecule has 0 aliphatic heterocycles. The Morgan fingerprint density at radius 3 is 2.05 bits per heavy atom. The highest BCUT2D eigenvalue weighted by Gasteiger charge is 2.23. The Balaban J connectivity index is 1.18. The summed E-state index contributed by atoms with van der Waals surface area (Å²) in [5, 5.41) is 5.25. The van der Waals surface area contributed by atoms with Gasteiger partial charge in [-0.3, -0.25) is 0 Å². The number of para-hydroxylation sites is 3. The highest BCUT2D eigenvalue weighted by Crippen LogP contribution is 2.41. The molecule has 2 heteroatoms. The molecule has 0 amide bonds. The number of nitrogens with zero attached hydrogens (tertiary/aromatic N) is 2. The fourth-order valence-electron chi connectivity index (χ4n) is 7.80. The van der Waals surface area contributed by atoms with E-state index in [1.54, 1.807) is 5.57 Å². The number of rotatable bonds is 4. The minimum Gasteiger partial charge on any atom is -0.333 e. The lowest BCUT2D eigenvalue weighted by Crippen LogP contribution is -2.15. The zero-order chi connectivity index (χ0) is 29.0. The summed E-state index contributed by atoms with van der Waals surface area (Å²) < 4.78 is 4.99. The minimum absolute atomic E-state index is 0.356. The monoisotopic (exact) mass is 566 g/mol. The Kier molecular flexibility index (Phi) is 5.94. The summed E-state index contributed by atoms with van der Waals surface area (Å²) in [4.78, 5) is 0. The van der Waals surface area contributed by atoms with E-state index in [1.807, 2.05) is 0 Å². The van der Waals surface area contributed by atoms with Crippen molar-refractivity contribution in [3.8, 4) is 16.8 Å². The molecule has 0 spiro atoms. The van der Waals surface area contributed by atoms with Crippen molar-refractivity contribution in [2.75, 3.05) is 0 Å². The number of benzene rings is 5. The van der Waals surface area contributed by atoms with Crippen LogP contribution in [0.2, 0.25) is 0 Å². The van der Waals surface area contributed by atoms with Crippen LogP contribution in [0.1, 0.15) is 31.7 Å². The maximum absolute atomic E-state index is 2.61. The van der Waals surface area contributed by atoms with Crippen LogP contribution in [0.15, 0.2) is 151 Å². The van der Waals surface area contributed by atoms with Gasteiger partial charge in [-0.05, 0) is 85.2 Å². The van der Waals surface area contributed by atoms with Gasteiger partial charge in [0.2, 0.25) is 0 Å². The van der Waals surface area contributed by atoms with E-state index in [0.717, 1.165) is 6.42 Å². The van der Waals surface area contributed by atoms with Gasteiger partial charge in [0.25, 0.3) is 0 Å². The molecule has 2 aliphatic carbocycles.